The predicted octanol–water partition coefficient (Wildman–Crippen LogP) is 4.44. The number of rotatable bonds is 8. The normalized spacial score (nSPS) is 10.6. The van der Waals surface area contributed by atoms with Gasteiger partial charge in [-0.3, -0.25) is 4.79 Å². The Morgan fingerprint density at radius 2 is 1.78 bits per heavy atom. The number of hydrogen-bond donors (Lipinski definition) is 2. The quantitative estimate of drug-likeness (QED) is 0.229. The van der Waals surface area contributed by atoms with E-state index in [1.807, 2.05) is 31.2 Å². The highest BCUT2D eigenvalue weighted by molar-refractivity contribution is 6.33. The maximum absolute atomic E-state index is 12.4. The van der Waals surface area contributed by atoms with Gasteiger partial charge in [0.25, 0.3) is 5.91 Å². The first-order valence-electron chi connectivity index (χ1n) is 9.73. The summed E-state index contributed by atoms with van der Waals surface area (Å²) in [6.45, 7) is 2.08. The van der Waals surface area contributed by atoms with Crippen molar-refractivity contribution >= 4 is 35.4 Å². The molecule has 0 aliphatic rings. The second kappa shape index (κ2) is 11.0. The smallest absolute Gasteiger partial charge is 0.345 e. The van der Waals surface area contributed by atoms with E-state index in [1.54, 1.807) is 42.5 Å². The first-order chi connectivity index (χ1) is 15.5. The maximum atomic E-state index is 12.4. The molecule has 7 nitrogen and oxygen atoms in total. The molecule has 3 rings (SSSR count). The molecule has 3 aromatic rings. The van der Waals surface area contributed by atoms with Crippen LogP contribution in [0.1, 0.15) is 21.5 Å². The summed E-state index contributed by atoms with van der Waals surface area (Å²) in [7, 11) is 1.46. The molecular formula is C24H22ClN3O4. The monoisotopic (exact) mass is 451 g/mol. The molecule has 0 bridgehead atoms. The molecule has 0 aromatic heterocycles. The second-order valence-corrected chi connectivity index (χ2v) is 7.20. The zero-order chi connectivity index (χ0) is 22.9. The Hall–Kier alpha value is -3.84. The van der Waals surface area contributed by atoms with E-state index >= 15 is 0 Å². The van der Waals surface area contributed by atoms with Gasteiger partial charge in [0.2, 0.25) is 0 Å². The molecule has 0 aliphatic heterocycles. The van der Waals surface area contributed by atoms with Crippen molar-refractivity contribution in [1.29, 1.82) is 0 Å². The van der Waals surface area contributed by atoms with Gasteiger partial charge >= 0.3 is 5.97 Å². The largest absolute Gasteiger partial charge is 0.493 e. The topological polar surface area (TPSA) is 89.0 Å². The summed E-state index contributed by atoms with van der Waals surface area (Å²) in [4.78, 5) is 24.3. The number of ether oxygens (including phenoxy) is 2. The number of esters is 1. The van der Waals surface area contributed by atoms with Crippen LogP contribution in [0, 0.1) is 6.92 Å². The fraction of sp³-hybridized carbons (Fsp3) is 0.125. The predicted molar refractivity (Wildman–Crippen MR) is 125 cm³/mol. The number of nitrogens with one attached hydrogen (secondary N) is 2. The van der Waals surface area contributed by atoms with E-state index in [0.717, 1.165) is 11.3 Å². The highest BCUT2D eigenvalue weighted by Crippen LogP contribution is 2.29. The number of hydrogen-bond acceptors (Lipinski definition) is 6. The van der Waals surface area contributed by atoms with E-state index in [-0.39, 0.29) is 23.8 Å². The van der Waals surface area contributed by atoms with Gasteiger partial charge in [0.1, 0.15) is 0 Å². The molecule has 164 valence electrons. The van der Waals surface area contributed by atoms with Crippen molar-refractivity contribution in [2.24, 2.45) is 5.10 Å². The molecule has 3 aromatic carbocycles. The van der Waals surface area contributed by atoms with Gasteiger partial charge in [0.15, 0.2) is 11.5 Å². The van der Waals surface area contributed by atoms with Crippen LogP contribution < -0.4 is 20.2 Å². The van der Waals surface area contributed by atoms with Crippen LogP contribution in [-0.2, 0) is 4.79 Å². The third kappa shape index (κ3) is 6.33. The lowest BCUT2D eigenvalue weighted by Gasteiger charge is -2.10. The molecule has 8 heteroatoms. The zero-order valence-electron chi connectivity index (χ0n) is 17.6. The van der Waals surface area contributed by atoms with Gasteiger partial charge in [-0.25, -0.2) is 10.2 Å². The van der Waals surface area contributed by atoms with Crippen LogP contribution in [-0.4, -0.2) is 31.7 Å². The van der Waals surface area contributed by atoms with Crippen LogP contribution in [0.3, 0.4) is 0 Å². The van der Waals surface area contributed by atoms with Gasteiger partial charge in [-0.1, -0.05) is 41.4 Å². The van der Waals surface area contributed by atoms with Crippen LogP contribution in [0.15, 0.2) is 71.8 Å². The summed E-state index contributed by atoms with van der Waals surface area (Å²) in [5.41, 5.74) is 5.34. The second-order valence-electron chi connectivity index (χ2n) is 6.79. The first kappa shape index (κ1) is 22.8. The summed E-state index contributed by atoms with van der Waals surface area (Å²) in [6.07, 6.45) is 1.46. The van der Waals surface area contributed by atoms with Gasteiger partial charge in [-0.2, -0.15) is 5.10 Å². The fourth-order valence-electron chi connectivity index (χ4n) is 2.70. The minimum Gasteiger partial charge on any atom is -0.493 e. The number of anilines is 1. The highest BCUT2D eigenvalue weighted by atomic mass is 35.5. The third-order valence-corrected chi connectivity index (χ3v) is 4.72. The zero-order valence-corrected chi connectivity index (χ0v) is 18.3. The van der Waals surface area contributed by atoms with Crippen LogP contribution in [0.5, 0.6) is 11.5 Å². The Balaban J connectivity index is 1.57. The number of methoxy groups -OCH3 is 1. The maximum Gasteiger partial charge on any atom is 0.345 e. The van der Waals surface area contributed by atoms with Crippen LogP contribution in [0.2, 0.25) is 5.02 Å². The summed E-state index contributed by atoms with van der Waals surface area (Å²) in [5.74, 6) is -0.314. The van der Waals surface area contributed by atoms with E-state index in [9.17, 15) is 9.59 Å². The van der Waals surface area contributed by atoms with Crippen molar-refractivity contribution in [3.05, 3.63) is 88.4 Å². The van der Waals surface area contributed by atoms with Crippen LogP contribution in [0.4, 0.5) is 5.69 Å². The molecule has 1 amide bonds. The van der Waals surface area contributed by atoms with E-state index in [0.29, 0.717) is 16.3 Å². The first-order valence-corrected chi connectivity index (χ1v) is 10.1. The molecule has 32 heavy (non-hydrogen) atoms. The minimum absolute atomic E-state index is 0.0840. The Bertz CT molecular complexity index is 1130. The standard InChI is InChI=1S/C24H22ClN3O4/c1-16-7-10-18(11-8-16)26-15-23(29)28-27-14-17-9-12-21(22(13-17)31-2)32-24(30)19-5-3-4-6-20(19)25/h3-14,26H,15H2,1-2H3,(H,28,29)/b27-14-. The molecule has 0 spiro atoms. The van der Waals surface area contributed by atoms with Crippen molar-refractivity contribution < 1.29 is 19.1 Å². The molecule has 0 radical (unpaired) electrons. The summed E-state index contributed by atoms with van der Waals surface area (Å²) in [6, 6.07) is 19.2. The van der Waals surface area contributed by atoms with Gasteiger partial charge < -0.3 is 14.8 Å². The van der Waals surface area contributed by atoms with Gasteiger partial charge in [0.05, 0.1) is 30.5 Å². The highest BCUT2D eigenvalue weighted by Gasteiger charge is 2.15. The van der Waals surface area contributed by atoms with E-state index in [2.05, 4.69) is 15.8 Å². The minimum atomic E-state index is -0.594. The number of carbonyl (C=O) groups excluding carboxylic acids is 2. The Morgan fingerprint density at radius 1 is 1.03 bits per heavy atom. The molecule has 2 N–H and O–H groups in total. The molecule has 0 fully saturated rings. The number of hydrazone groups is 1. The Morgan fingerprint density at radius 3 is 2.50 bits per heavy atom. The number of aryl methyl sites for hydroxylation is 1. The van der Waals surface area contributed by atoms with Crippen molar-refractivity contribution in [3.8, 4) is 11.5 Å². The number of benzene rings is 3. The SMILES string of the molecule is COc1cc(/C=N\NC(=O)CNc2ccc(C)cc2)ccc1OC(=O)c1ccccc1Cl. The fourth-order valence-corrected chi connectivity index (χ4v) is 2.92. The Kier molecular flexibility index (Phi) is 7.83. The van der Waals surface area contributed by atoms with Crippen LogP contribution >= 0.6 is 11.6 Å². The lowest BCUT2D eigenvalue weighted by Crippen LogP contribution is -2.25. The van der Waals surface area contributed by atoms with E-state index in [4.69, 9.17) is 21.1 Å². The Labute approximate surface area is 191 Å². The average molecular weight is 452 g/mol. The number of halogens is 1. The molecule has 0 aliphatic carbocycles. The number of amides is 1. The van der Waals surface area contributed by atoms with Crippen molar-refractivity contribution in [3.63, 3.8) is 0 Å². The van der Waals surface area contributed by atoms with Crippen molar-refractivity contribution in [1.82, 2.24) is 5.43 Å². The lowest BCUT2D eigenvalue weighted by atomic mass is 10.2. The van der Waals surface area contributed by atoms with Crippen LogP contribution in [0.25, 0.3) is 0 Å². The van der Waals surface area contributed by atoms with Gasteiger partial charge in [-0.05, 0) is 55.0 Å². The van der Waals surface area contributed by atoms with E-state index in [1.165, 1.54) is 13.3 Å². The third-order valence-electron chi connectivity index (χ3n) is 4.39. The van der Waals surface area contributed by atoms with E-state index < -0.39 is 5.97 Å². The molecular weight excluding hydrogens is 430 g/mol. The lowest BCUT2D eigenvalue weighted by molar-refractivity contribution is -0.119. The molecule has 0 atom stereocenters. The molecule has 0 saturated heterocycles. The number of carbonyl (C=O) groups is 2. The summed E-state index contributed by atoms with van der Waals surface area (Å²) in [5, 5.41) is 7.26. The number of nitrogens with zero attached hydrogens (tertiary/aromatic N) is 1. The molecule has 0 unspecified atom stereocenters. The van der Waals surface area contributed by atoms with Crippen molar-refractivity contribution in [2.75, 3.05) is 19.0 Å². The summed E-state index contributed by atoms with van der Waals surface area (Å²) < 4.78 is 10.7. The van der Waals surface area contributed by atoms with Gasteiger partial charge in [0, 0.05) is 5.69 Å². The molecule has 0 heterocycles. The van der Waals surface area contributed by atoms with Crippen molar-refractivity contribution in [2.45, 2.75) is 6.92 Å². The molecule has 0 saturated carbocycles. The average Bonchev–Trinajstić information content (AvgIpc) is 2.79. The van der Waals surface area contributed by atoms with Gasteiger partial charge in [-0.15, -0.1) is 0 Å². The summed E-state index contributed by atoms with van der Waals surface area (Å²) >= 11 is 6.04.